The molecule has 152 valence electrons. The summed E-state index contributed by atoms with van der Waals surface area (Å²) < 4.78 is 3.18. The zero-order chi connectivity index (χ0) is 20.9. The molecule has 0 aliphatic rings. The Balaban J connectivity index is 1.39. The summed E-state index contributed by atoms with van der Waals surface area (Å²) in [5.74, 6) is 0.638. The second kappa shape index (κ2) is 8.92. The largest absolute Gasteiger partial charge is 0.352 e. The van der Waals surface area contributed by atoms with Gasteiger partial charge in [-0.15, -0.1) is 10.2 Å². The zero-order valence-electron chi connectivity index (χ0n) is 16.2. The van der Waals surface area contributed by atoms with Crippen LogP contribution >= 0.6 is 11.6 Å². The second-order valence-electron chi connectivity index (χ2n) is 6.88. The highest BCUT2D eigenvalue weighted by atomic mass is 35.5. The maximum absolute atomic E-state index is 12.8. The first-order valence-corrected chi connectivity index (χ1v) is 10.0. The molecule has 7 nitrogen and oxygen atoms in total. The lowest BCUT2D eigenvalue weighted by molar-refractivity contribution is -0.121. The van der Waals surface area contributed by atoms with E-state index < -0.39 is 0 Å². The molecule has 2 aromatic heterocycles. The molecule has 0 fully saturated rings. The van der Waals surface area contributed by atoms with Gasteiger partial charge >= 0.3 is 5.56 Å². The van der Waals surface area contributed by atoms with Crippen molar-refractivity contribution in [1.82, 2.24) is 24.5 Å². The first-order valence-electron chi connectivity index (χ1n) is 9.63. The van der Waals surface area contributed by atoms with Crippen LogP contribution in [0.25, 0.3) is 11.3 Å². The van der Waals surface area contributed by atoms with Gasteiger partial charge in [0.25, 0.3) is 0 Å². The molecule has 30 heavy (non-hydrogen) atoms. The van der Waals surface area contributed by atoms with E-state index in [0.29, 0.717) is 42.3 Å². The molecule has 4 rings (SSSR count). The van der Waals surface area contributed by atoms with E-state index in [-0.39, 0.29) is 17.1 Å². The Morgan fingerprint density at radius 1 is 1.00 bits per heavy atom. The smallest absolute Gasteiger partial charge is 0.300 e. The fourth-order valence-electron chi connectivity index (χ4n) is 3.20. The Hall–Kier alpha value is -3.45. The topological polar surface area (TPSA) is 81.3 Å². The van der Waals surface area contributed by atoms with Gasteiger partial charge in [0, 0.05) is 42.5 Å². The van der Waals surface area contributed by atoms with Gasteiger partial charge in [-0.05, 0) is 36.2 Å². The zero-order valence-corrected chi connectivity index (χ0v) is 16.9. The summed E-state index contributed by atoms with van der Waals surface area (Å²) in [4.78, 5) is 24.8. The average Bonchev–Trinajstić information content (AvgIpc) is 3.18. The van der Waals surface area contributed by atoms with Crippen LogP contribution in [-0.4, -0.2) is 25.1 Å². The molecule has 0 radical (unpaired) electrons. The van der Waals surface area contributed by atoms with E-state index in [4.69, 9.17) is 11.6 Å². The molecular formula is C22H20ClN5O2. The second-order valence-corrected chi connectivity index (χ2v) is 7.31. The molecule has 1 N–H and O–H groups in total. The van der Waals surface area contributed by atoms with Crippen LogP contribution in [0.15, 0.2) is 71.8 Å². The predicted octanol–water partition coefficient (Wildman–Crippen LogP) is 3.17. The van der Waals surface area contributed by atoms with Gasteiger partial charge in [-0.25, -0.2) is 0 Å². The number of halogens is 1. The molecule has 8 heteroatoms. The van der Waals surface area contributed by atoms with Crippen molar-refractivity contribution < 1.29 is 4.79 Å². The number of benzene rings is 2. The maximum Gasteiger partial charge on any atom is 0.300 e. The minimum absolute atomic E-state index is 0.0160. The van der Waals surface area contributed by atoms with Crippen LogP contribution in [0.2, 0.25) is 5.02 Å². The van der Waals surface area contributed by atoms with E-state index in [9.17, 15) is 9.59 Å². The van der Waals surface area contributed by atoms with E-state index in [0.717, 1.165) is 5.56 Å². The number of amides is 1. The molecule has 1 amide bonds. The Kier molecular flexibility index (Phi) is 5.90. The van der Waals surface area contributed by atoms with Crippen molar-refractivity contribution in [2.75, 3.05) is 0 Å². The van der Waals surface area contributed by atoms with Gasteiger partial charge in [-0.2, -0.15) is 0 Å². The first-order chi connectivity index (χ1) is 14.6. The molecule has 0 aliphatic carbocycles. The van der Waals surface area contributed by atoms with E-state index in [2.05, 4.69) is 15.5 Å². The summed E-state index contributed by atoms with van der Waals surface area (Å²) in [6, 6.07) is 16.8. The number of hydrogen-bond acceptors (Lipinski definition) is 4. The molecule has 2 aromatic carbocycles. The summed E-state index contributed by atoms with van der Waals surface area (Å²) in [7, 11) is 0. The highest BCUT2D eigenvalue weighted by Gasteiger charge is 2.12. The molecule has 0 bridgehead atoms. The monoisotopic (exact) mass is 421 g/mol. The Morgan fingerprint density at radius 3 is 2.53 bits per heavy atom. The lowest BCUT2D eigenvalue weighted by atomic mass is 10.2. The van der Waals surface area contributed by atoms with Crippen molar-refractivity contribution in [3.05, 3.63) is 93.8 Å². The highest BCUT2D eigenvalue weighted by Crippen LogP contribution is 2.13. The fourth-order valence-corrected chi connectivity index (χ4v) is 3.33. The van der Waals surface area contributed by atoms with E-state index in [1.54, 1.807) is 41.1 Å². The summed E-state index contributed by atoms with van der Waals surface area (Å²) in [6.07, 6.45) is 4.98. The third-order valence-corrected chi connectivity index (χ3v) is 5.03. The Labute approximate surface area is 178 Å². The lowest BCUT2D eigenvalue weighted by Crippen LogP contribution is -2.22. The summed E-state index contributed by atoms with van der Waals surface area (Å²) >= 11 is 5.92. The Bertz CT molecular complexity index is 1220. The fraction of sp³-hybridized carbons (Fsp3) is 0.182. The van der Waals surface area contributed by atoms with Crippen LogP contribution < -0.4 is 10.9 Å². The van der Waals surface area contributed by atoms with Crippen molar-refractivity contribution >= 4 is 23.2 Å². The molecule has 0 spiro atoms. The quantitative estimate of drug-likeness (QED) is 0.497. The number of carbonyl (C=O) groups excluding carboxylic acids is 1. The number of nitrogens with zero attached hydrogens (tertiary/aromatic N) is 4. The number of nitrogens with one attached hydrogen (secondary N) is 1. The van der Waals surface area contributed by atoms with Crippen LogP contribution in [0.5, 0.6) is 0 Å². The summed E-state index contributed by atoms with van der Waals surface area (Å²) in [5, 5.41) is 11.7. The van der Waals surface area contributed by atoms with Gasteiger partial charge in [0.15, 0.2) is 0 Å². The molecule has 2 heterocycles. The molecule has 0 saturated heterocycles. The molecule has 0 saturated carbocycles. The minimum atomic E-state index is -0.265. The van der Waals surface area contributed by atoms with Crippen LogP contribution in [0.3, 0.4) is 0 Å². The van der Waals surface area contributed by atoms with E-state index in [1.165, 1.54) is 4.57 Å². The van der Waals surface area contributed by atoms with Crippen LogP contribution in [0, 0.1) is 0 Å². The van der Waals surface area contributed by atoms with Crippen molar-refractivity contribution in [3.63, 3.8) is 0 Å². The van der Waals surface area contributed by atoms with Gasteiger partial charge in [0.2, 0.25) is 11.6 Å². The van der Waals surface area contributed by atoms with Gasteiger partial charge in [0.05, 0.1) is 0 Å². The van der Waals surface area contributed by atoms with Gasteiger partial charge in [-0.1, -0.05) is 41.9 Å². The van der Waals surface area contributed by atoms with Gasteiger partial charge in [-0.3, -0.25) is 18.6 Å². The predicted molar refractivity (Wildman–Crippen MR) is 115 cm³/mol. The average molecular weight is 422 g/mol. The molecule has 4 aromatic rings. The van der Waals surface area contributed by atoms with Crippen LogP contribution in [0.4, 0.5) is 0 Å². The van der Waals surface area contributed by atoms with E-state index >= 15 is 0 Å². The highest BCUT2D eigenvalue weighted by molar-refractivity contribution is 6.30. The van der Waals surface area contributed by atoms with Crippen LogP contribution in [0.1, 0.15) is 24.2 Å². The normalized spacial score (nSPS) is 11.0. The third-order valence-electron chi connectivity index (χ3n) is 4.78. The molecule has 0 unspecified atom stereocenters. The van der Waals surface area contributed by atoms with Crippen molar-refractivity contribution in [3.8, 4) is 5.69 Å². The van der Waals surface area contributed by atoms with Crippen molar-refractivity contribution in [2.45, 2.75) is 25.8 Å². The van der Waals surface area contributed by atoms with E-state index in [1.807, 2.05) is 30.3 Å². The first kappa shape index (κ1) is 19.8. The number of aryl methyl sites for hydroxylation is 1. The SMILES string of the molecule is O=C(CCCc1nnc2c(=O)n(-c3ccc(Cl)cc3)ccn12)NCc1ccccc1. The van der Waals surface area contributed by atoms with Gasteiger partial charge < -0.3 is 5.32 Å². The number of fused-ring (bicyclic) bond motifs is 1. The lowest BCUT2D eigenvalue weighted by Gasteiger charge is -2.07. The number of rotatable bonds is 7. The minimum Gasteiger partial charge on any atom is -0.352 e. The standard InChI is InChI=1S/C22H20ClN5O2/c23-17-9-11-18(12-10-17)27-13-14-28-19(25-26-21(28)22(27)30)7-4-8-20(29)24-15-16-5-2-1-3-6-16/h1-3,5-6,9-14H,4,7-8,15H2,(H,24,29). The van der Waals surface area contributed by atoms with Gasteiger partial charge in [0.1, 0.15) is 5.82 Å². The maximum atomic E-state index is 12.8. The number of hydrogen-bond donors (Lipinski definition) is 1. The number of carbonyl (C=O) groups is 1. The molecular weight excluding hydrogens is 402 g/mol. The molecule has 0 aliphatic heterocycles. The third kappa shape index (κ3) is 4.41. The summed E-state index contributed by atoms with van der Waals surface area (Å²) in [6.45, 7) is 0.512. The molecule has 0 atom stereocenters. The summed E-state index contributed by atoms with van der Waals surface area (Å²) in [5.41, 5.74) is 1.74. The van der Waals surface area contributed by atoms with Crippen molar-refractivity contribution in [2.24, 2.45) is 0 Å². The number of aromatic nitrogens is 4. The Morgan fingerprint density at radius 2 is 1.77 bits per heavy atom. The van der Waals surface area contributed by atoms with Crippen LogP contribution in [-0.2, 0) is 17.8 Å². The van der Waals surface area contributed by atoms with Crippen molar-refractivity contribution in [1.29, 1.82) is 0 Å².